The maximum Gasteiger partial charge on any atom is 0.416 e. The molecule has 1 atom stereocenters. The number of fused-ring (bicyclic) bond motifs is 1. The second-order valence-corrected chi connectivity index (χ2v) is 9.53. The molecule has 1 aliphatic carbocycles. The minimum absolute atomic E-state index is 0.0539. The second-order valence-electron chi connectivity index (χ2n) is 9.09. The molecule has 0 saturated heterocycles. The molecular weight excluding hydrogens is 449 g/mol. The van der Waals surface area contributed by atoms with Crippen molar-refractivity contribution in [3.63, 3.8) is 0 Å². The number of aliphatic imine (C=N–C) groups is 2. The number of hydrogen-bond acceptors (Lipinski definition) is 4. The van der Waals surface area contributed by atoms with Crippen LogP contribution in [-0.2, 0) is 11.7 Å². The van der Waals surface area contributed by atoms with Crippen LogP contribution in [0.5, 0.6) is 0 Å². The summed E-state index contributed by atoms with van der Waals surface area (Å²) in [6, 6.07) is 11.3. The minimum Gasteiger partial charge on any atom is -0.369 e. The van der Waals surface area contributed by atoms with E-state index in [1.165, 1.54) is 6.42 Å². The van der Waals surface area contributed by atoms with Crippen molar-refractivity contribution in [2.24, 2.45) is 21.6 Å². The first kappa shape index (κ1) is 22.3. The van der Waals surface area contributed by atoms with E-state index in [1.807, 2.05) is 29.2 Å². The predicted molar refractivity (Wildman–Crippen MR) is 125 cm³/mol. The van der Waals surface area contributed by atoms with Crippen molar-refractivity contribution in [2.75, 3.05) is 13.1 Å². The summed E-state index contributed by atoms with van der Waals surface area (Å²) in [5.74, 6) is 1.61. The van der Waals surface area contributed by atoms with E-state index in [0.717, 1.165) is 68.7 Å². The third-order valence-corrected chi connectivity index (χ3v) is 7.24. The summed E-state index contributed by atoms with van der Waals surface area (Å²) in [7, 11) is 0. The van der Waals surface area contributed by atoms with Crippen LogP contribution in [0.2, 0.25) is 5.02 Å². The Hall–Kier alpha value is -2.54. The lowest BCUT2D eigenvalue weighted by Crippen LogP contribution is -2.49. The van der Waals surface area contributed by atoms with E-state index < -0.39 is 17.3 Å². The van der Waals surface area contributed by atoms with Crippen LogP contribution in [0.3, 0.4) is 0 Å². The normalized spacial score (nSPS) is 23.8. The van der Waals surface area contributed by atoms with Crippen LogP contribution in [0.1, 0.15) is 49.7 Å². The van der Waals surface area contributed by atoms with E-state index in [4.69, 9.17) is 27.3 Å². The maximum absolute atomic E-state index is 13.4. The number of guanidine groups is 1. The third kappa shape index (κ3) is 3.90. The van der Waals surface area contributed by atoms with Gasteiger partial charge in [0.05, 0.1) is 5.56 Å². The van der Waals surface area contributed by atoms with Gasteiger partial charge in [0.25, 0.3) is 0 Å². The van der Waals surface area contributed by atoms with Crippen molar-refractivity contribution >= 4 is 23.4 Å². The molecule has 1 fully saturated rings. The summed E-state index contributed by atoms with van der Waals surface area (Å²) in [4.78, 5) is 12.0. The maximum atomic E-state index is 13.4. The number of rotatable bonds is 3. The van der Waals surface area contributed by atoms with Gasteiger partial charge in [-0.25, -0.2) is 4.99 Å². The molecule has 5 rings (SSSR count). The summed E-state index contributed by atoms with van der Waals surface area (Å²) in [6.45, 7) is 1.51. The average molecular weight is 475 g/mol. The van der Waals surface area contributed by atoms with E-state index in [9.17, 15) is 13.2 Å². The van der Waals surface area contributed by atoms with Crippen molar-refractivity contribution in [2.45, 2.75) is 50.2 Å². The molecule has 0 bridgehead atoms. The Morgan fingerprint density at radius 2 is 1.79 bits per heavy atom. The van der Waals surface area contributed by atoms with Crippen LogP contribution in [0, 0.1) is 5.92 Å². The second kappa shape index (κ2) is 8.35. The van der Waals surface area contributed by atoms with Gasteiger partial charge in [0, 0.05) is 18.1 Å². The zero-order chi connectivity index (χ0) is 23.2. The molecule has 2 heterocycles. The Labute approximate surface area is 196 Å². The van der Waals surface area contributed by atoms with Crippen molar-refractivity contribution in [1.29, 1.82) is 0 Å². The number of benzene rings is 2. The molecule has 2 aromatic carbocycles. The molecule has 2 N–H and O–H groups in total. The fraction of sp³-hybridized carbons (Fsp3) is 0.440. The largest absolute Gasteiger partial charge is 0.416 e. The van der Waals surface area contributed by atoms with Crippen LogP contribution < -0.4 is 5.73 Å². The molecule has 1 saturated carbocycles. The summed E-state index contributed by atoms with van der Waals surface area (Å²) in [6.07, 6.45) is 1.93. The lowest BCUT2D eigenvalue weighted by molar-refractivity contribution is -0.137. The molecule has 0 amide bonds. The number of hydrogen-bond donors (Lipinski definition) is 1. The summed E-state index contributed by atoms with van der Waals surface area (Å²) in [5, 5.41) is 0.0539. The molecule has 174 valence electrons. The van der Waals surface area contributed by atoms with Crippen molar-refractivity contribution < 1.29 is 13.2 Å². The third-order valence-electron chi connectivity index (χ3n) is 7.02. The highest BCUT2D eigenvalue weighted by Gasteiger charge is 2.52. The van der Waals surface area contributed by atoms with Gasteiger partial charge in [-0.2, -0.15) is 13.2 Å². The fourth-order valence-corrected chi connectivity index (χ4v) is 5.76. The Kier molecular flexibility index (Phi) is 5.63. The van der Waals surface area contributed by atoms with Gasteiger partial charge in [0.2, 0.25) is 0 Å². The summed E-state index contributed by atoms with van der Waals surface area (Å²) >= 11 is 6.07. The van der Waals surface area contributed by atoms with Gasteiger partial charge in [-0.05, 0) is 66.1 Å². The number of amidine groups is 1. The lowest BCUT2D eigenvalue weighted by Gasteiger charge is -2.40. The van der Waals surface area contributed by atoms with E-state index in [1.54, 1.807) is 6.07 Å². The van der Waals surface area contributed by atoms with Gasteiger partial charge in [0.1, 0.15) is 11.4 Å². The van der Waals surface area contributed by atoms with Gasteiger partial charge in [-0.15, -0.1) is 0 Å². The zero-order valence-corrected chi connectivity index (χ0v) is 19.0. The SMILES string of the molecule is NC1=NC(c2cccc(-c3cc(Cl)cc(C(F)(F)F)c3)c2)(C2CCCCC2)C2=NCCCN12. The van der Waals surface area contributed by atoms with Crippen LogP contribution in [0.25, 0.3) is 11.1 Å². The number of nitrogens with two attached hydrogens (primary N) is 1. The fourth-order valence-electron chi connectivity index (χ4n) is 5.52. The van der Waals surface area contributed by atoms with Gasteiger partial charge >= 0.3 is 6.18 Å². The van der Waals surface area contributed by atoms with E-state index in [0.29, 0.717) is 17.1 Å². The van der Waals surface area contributed by atoms with Crippen molar-refractivity contribution in [1.82, 2.24) is 4.90 Å². The van der Waals surface area contributed by atoms with Gasteiger partial charge in [-0.1, -0.05) is 49.1 Å². The highest BCUT2D eigenvalue weighted by atomic mass is 35.5. The molecule has 1 unspecified atom stereocenters. The Bertz CT molecular complexity index is 1120. The minimum atomic E-state index is -4.47. The molecule has 0 radical (unpaired) electrons. The monoisotopic (exact) mass is 474 g/mol. The van der Waals surface area contributed by atoms with Crippen LogP contribution in [0.4, 0.5) is 13.2 Å². The molecule has 33 heavy (non-hydrogen) atoms. The average Bonchev–Trinajstić information content (AvgIpc) is 3.12. The molecule has 8 heteroatoms. The molecular formula is C25H26ClF3N4. The summed E-state index contributed by atoms with van der Waals surface area (Å²) < 4.78 is 40.2. The van der Waals surface area contributed by atoms with Gasteiger partial charge in [0.15, 0.2) is 5.96 Å². The molecule has 2 aliphatic heterocycles. The Morgan fingerprint density at radius 3 is 2.55 bits per heavy atom. The molecule has 0 aromatic heterocycles. The first-order valence-corrected chi connectivity index (χ1v) is 11.8. The highest BCUT2D eigenvalue weighted by Crippen LogP contribution is 2.48. The van der Waals surface area contributed by atoms with E-state index >= 15 is 0 Å². The van der Waals surface area contributed by atoms with Gasteiger partial charge in [-0.3, -0.25) is 9.89 Å². The molecule has 3 aliphatic rings. The van der Waals surface area contributed by atoms with Gasteiger partial charge < -0.3 is 5.73 Å². The van der Waals surface area contributed by atoms with Crippen LogP contribution >= 0.6 is 11.6 Å². The molecule has 0 spiro atoms. The van der Waals surface area contributed by atoms with Crippen molar-refractivity contribution in [3.05, 3.63) is 58.6 Å². The smallest absolute Gasteiger partial charge is 0.369 e. The topological polar surface area (TPSA) is 54.0 Å². The van der Waals surface area contributed by atoms with E-state index in [2.05, 4.69) is 0 Å². The van der Waals surface area contributed by atoms with Crippen molar-refractivity contribution in [3.8, 4) is 11.1 Å². The first-order chi connectivity index (χ1) is 15.8. The summed E-state index contributed by atoms with van der Waals surface area (Å²) in [5.41, 5.74) is 6.95. The van der Waals surface area contributed by atoms with Crippen LogP contribution in [0.15, 0.2) is 52.4 Å². The molecule has 4 nitrogen and oxygen atoms in total. The Morgan fingerprint density at radius 1 is 1.00 bits per heavy atom. The standard InChI is InChI=1S/C25H26ClF3N4/c26-21-14-17(13-20(15-21)25(27,28)29)16-6-4-9-19(12-16)24(18-7-2-1-3-8-18)22-31-10-5-11-33(22)23(30)32-24/h4,6,9,12-15,18H,1-3,5,7-8,10-11H2,(H2,30,32). The molecule has 2 aromatic rings. The first-order valence-electron chi connectivity index (χ1n) is 11.5. The quantitative estimate of drug-likeness (QED) is 0.573. The zero-order valence-electron chi connectivity index (χ0n) is 18.2. The number of halogens is 4. The predicted octanol–water partition coefficient (Wildman–Crippen LogP) is 6.23. The number of alkyl halides is 3. The highest BCUT2D eigenvalue weighted by molar-refractivity contribution is 6.31. The van der Waals surface area contributed by atoms with E-state index in [-0.39, 0.29) is 10.9 Å². The Balaban J connectivity index is 1.66. The lowest BCUT2D eigenvalue weighted by atomic mass is 9.70. The number of nitrogens with zero attached hydrogens (tertiary/aromatic N) is 3. The van der Waals surface area contributed by atoms with Crippen LogP contribution in [-0.4, -0.2) is 29.8 Å².